The predicted octanol–water partition coefficient (Wildman–Crippen LogP) is 3.84. The van der Waals surface area contributed by atoms with Gasteiger partial charge in [0.15, 0.2) is 0 Å². The minimum absolute atomic E-state index is 0.0837. The predicted molar refractivity (Wildman–Crippen MR) is 84.4 cm³/mol. The number of anilines is 1. The zero-order chi connectivity index (χ0) is 15.4. The van der Waals surface area contributed by atoms with Crippen LogP contribution in [0.3, 0.4) is 0 Å². The van der Waals surface area contributed by atoms with E-state index in [1.165, 1.54) is 0 Å². The Balaban J connectivity index is 2.40. The summed E-state index contributed by atoms with van der Waals surface area (Å²) in [5, 5.41) is 8.95. The highest BCUT2D eigenvalue weighted by atomic mass is 16.2. The van der Waals surface area contributed by atoms with E-state index in [4.69, 9.17) is 5.26 Å². The monoisotopic (exact) mass is 278 g/mol. The Kier molecular flexibility index (Phi) is 4.39. The smallest absolute Gasteiger partial charge is 0.258 e. The summed E-state index contributed by atoms with van der Waals surface area (Å²) in [5.74, 6) is -0.0837. The Hall–Kier alpha value is -2.60. The molecule has 0 N–H and O–H groups in total. The third-order valence-electron chi connectivity index (χ3n) is 3.32. The summed E-state index contributed by atoms with van der Waals surface area (Å²) < 4.78 is 0. The van der Waals surface area contributed by atoms with Crippen LogP contribution in [0.4, 0.5) is 5.69 Å². The van der Waals surface area contributed by atoms with Crippen LogP contribution in [-0.4, -0.2) is 12.5 Å². The normalized spacial score (nSPS) is 10.0. The second-order valence-electron chi connectivity index (χ2n) is 5.09. The van der Waals surface area contributed by atoms with Gasteiger partial charge in [0.2, 0.25) is 0 Å². The van der Waals surface area contributed by atoms with Crippen LogP contribution in [0.5, 0.6) is 0 Å². The number of carbonyl (C=O) groups is 1. The maximum atomic E-state index is 12.7. The van der Waals surface area contributed by atoms with Crippen molar-refractivity contribution in [3.63, 3.8) is 0 Å². The molecule has 106 valence electrons. The topological polar surface area (TPSA) is 44.1 Å². The highest BCUT2D eigenvalue weighted by Crippen LogP contribution is 2.21. The van der Waals surface area contributed by atoms with Crippen molar-refractivity contribution >= 4 is 11.6 Å². The first kappa shape index (κ1) is 14.8. The average molecular weight is 278 g/mol. The molecule has 0 unspecified atom stereocenters. The molecular weight excluding hydrogens is 260 g/mol. The van der Waals surface area contributed by atoms with E-state index in [-0.39, 0.29) is 5.91 Å². The summed E-state index contributed by atoms with van der Waals surface area (Å²) in [6.07, 6.45) is 0. The van der Waals surface area contributed by atoms with Crippen LogP contribution in [-0.2, 0) is 0 Å². The molecule has 0 aromatic heterocycles. The van der Waals surface area contributed by atoms with E-state index in [1.54, 1.807) is 29.2 Å². The van der Waals surface area contributed by atoms with Gasteiger partial charge in [-0.1, -0.05) is 12.1 Å². The Bertz CT molecular complexity index is 693. The summed E-state index contributed by atoms with van der Waals surface area (Å²) in [6, 6.07) is 15.0. The Morgan fingerprint density at radius 1 is 1.14 bits per heavy atom. The van der Waals surface area contributed by atoms with Gasteiger partial charge in [-0.3, -0.25) is 4.79 Å². The van der Waals surface area contributed by atoms with Crippen LogP contribution in [0.2, 0.25) is 0 Å². The van der Waals surface area contributed by atoms with Crippen molar-refractivity contribution in [2.24, 2.45) is 0 Å². The molecular formula is C18H18N2O. The van der Waals surface area contributed by atoms with Gasteiger partial charge < -0.3 is 4.90 Å². The molecule has 3 heteroatoms. The van der Waals surface area contributed by atoms with E-state index in [1.807, 2.05) is 32.9 Å². The van der Waals surface area contributed by atoms with E-state index in [0.29, 0.717) is 17.7 Å². The van der Waals surface area contributed by atoms with Crippen molar-refractivity contribution in [3.8, 4) is 6.07 Å². The molecule has 2 aromatic rings. The van der Waals surface area contributed by atoms with Gasteiger partial charge in [-0.25, -0.2) is 0 Å². The summed E-state index contributed by atoms with van der Waals surface area (Å²) >= 11 is 0. The number of hydrogen-bond donors (Lipinski definition) is 0. The lowest BCUT2D eigenvalue weighted by molar-refractivity contribution is 0.0988. The molecule has 21 heavy (non-hydrogen) atoms. The van der Waals surface area contributed by atoms with Crippen molar-refractivity contribution in [1.29, 1.82) is 5.26 Å². The Morgan fingerprint density at radius 2 is 1.81 bits per heavy atom. The molecule has 0 aliphatic heterocycles. The average Bonchev–Trinajstić information content (AvgIpc) is 2.47. The van der Waals surface area contributed by atoms with Gasteiger partial charge in [0.05, 0.1) is 11.6 Å². The number of hydrogen-bond acceptors (Lipinski definition) is 2. The van der Waals surface area contributed by atoms with Crippen molar-refractivity contribution in [1.82, 2.24) is 0 Å². The molecule has 0 radical (unpaired) electrons. The number of carbonyl (C=O) groups excluding carboxylic acids is 1. The molecule has 0 saturated heterocycles. The fraction of sp³-hybridized carbons (Fsp3) is 0.222. The van der Waals surface area contributed by atoms with E-state index in [9.17, 15) is 4.79 Å². The van der Waals surface area contributed by atoms with Gasteiger partial charge in [-0.15, -0.1) is 0 Å². The summed E-state index contributed by atoms with van der Waals surface area (Å²) in [7, 11) is 0. The number of rotatable bonds is 3. The quantitative estimate of drug-likeness (QED) is 0.856. The minimum atomic E-state index is -0.0837. The SMILES string of the molecule is CCN(C(=O)c1cccc(C#N)c1)c1cc(C)cc(C)c1. The number of aryl methyl sites for hydroxylation is 2. The van der Waals surface area contributed by atoms with Gasteiger partial charge in [0.25, 0.3) is 5.91 Å². The third kappa shape index (κ3) is 3.29. The first-order valence-electron chi connectivity index (χ1n) is 6.95. The molecule has 0 aliphatic carbocycles. The lowest BCUT2D eigenvalue weighted by atomic mass is 10.1. The Labute approximate surface area is 125 Å². The molecule has 2 aromatic carbocycles. The first-order chi connectivity index (χ1) is 10.0. The van der Waals surface area contributed by atoms with Gasteiger partial charge >= 0.3 is 0 Å². The van der Waals surface area contributed by atoms with E-state index in [0.717, 1.165) is 16.8 Å². The second kappa shape index (κ2) is 6.23. The number of benzene rings is 2. The van der Waals surface area contributed by atoms with Gasteiger partial charge in [-0.2, -0.15) is 5.26 Å². The fourth-order valence-corrected chi connectivity index (χ4v) is 2.43. The largest absolute Gasteiger partial charge is 0.309 e. The van der Waals surface area contributed by atoms with Crippen LogP contribution in [0.15, 0.2) is 42.5 Å². The van der Waals surface area contributed by atoms with Gasteiger partial charge in [0.1, 0.15) is 0 Å². The molecule has 3 nitrogen and oxygen atoms in total. The van der Waals surface area contributed by atoms with E-state index < -0.39 is 0 Å². The van der Waals surface area contributed by atoms with Crippen molar-refractivity contribution in [3.05, 3.63) is 64.7 Å². The van der Waals surface area contributed by atoms with Crippen molar-refractivity contribution < 1.29 is 4.79 Å². The molecule has 0 aliphatic rings. The van der Waals surface area contributed by atoms with E-state index >= 15 is 0 Å². The second-order valence-corrected chi connectivity index (χ2v) is 5.09. The third-order valence-corrected chi connectivity index (χ3v) is 3.32. The van der Waals surface area contributed by atoms with Crippen LogP contribution < -0.4 is 4.90 Å². The van der Waals surface area contributed by atoms with Crippen LogP contribution in [0.1, 0.15) is 34.0 Å². The Morgan fingerprint density at radius 3 is 2.38 bits per heavy atom. The van der Waals surface area contributed by atoms with Crippen LogP contribution in [0.25, 0.3) is 0 Å². The molecule has 0 spiro atoms. The maximum absolute atomic E-state index is 12.7. The summed E-state index contributed by atoms with van der Waals surface area (Å²) in [4.78, 5) is 14.4. The molecule has 0 bridgehead atoms. The highest BCUT2D eigenvalue weighted by Gasteiger charge is 2.16. The van der Waals surface area contributed by atoms with Crippen molar-refractivity contribution in [2.75, 3.05) is 11.4 Å². The standard InChI is InChI=1S/C18H18N2O/c1-4-20(17-9-13(2)8-14(3)10-17)18(21)16-7-5-6-15(11-16)12-19/h5-11H,4H2,1-3H3. The molecule has 0 saturated carbocycles. The molecule has 0 atom stereocenters. The summed E-state index contributed by atoms with van der Waals surface area (Å²) in [5.41, 5.74) is 4.18. The fourth-order valence-electron chi connectivity index (χ4n) is 2.43. The minimum Gasteiger partial charge on any atom is -0.309 e. The zero-order valence-electron chi connectivity index (χ0n) is 12.6. The summed E-state index contributed by atoms with van der Waals surface area (Å²) in [6.45, 7) is 6.57. The molecule has 1 amide bonds. The lowest BCUT2D eigenvalue weighted by Gasteiger charge is -2.22. The van der Waals surface area contributed by atoms with Crippen LogP contribution in [0, 0.1) is 25.2 Å². The molecule has 0 fully saturated rings. The van der Waals surface area contributed by atoms with Crippen LogP contribution >= 0.6 is 0 Å². The highest BCUT2D eigenvalue weighted by molar-refractivity contribution is 6.06. The number of nitriles is 1. The molecule has 0 heterocycles. The lowest BCUT2D eigenvalue weighted by Crippen LogP contribution is -2.30. The maximum Gasteiger partial charge on any atom is 0.258 e. The van der Waals surface area contributed by atoms with Gasteiger partial charge in [-0.05, 0) is 62.2 Å². The van der Waals surface area contributed by atoms with Gasteiger partial charge in [0, 0.05) is 17.8 Å². The number of amides is 1. The first-order valence-corrected chi connectivity index (χ1v) is 6.95. The molecule has 2 rings (SSSR count). The van der Waals surface area contributed by atoms with Crippen molar-refractivity contribution in [2.45, 2.75) is 20.8 Å². The van der Waals surface area contributed by atoms with E-state index in [2.05, 4.69) is 12.1 Å². The zero-order valence-corrected chi connectivity index (χ0v) is 12.6. The number of nitrogens with zero attached hydrogens (tertiary/aromatic N) is 2.